The van der Waals surface area contributed by atoms with Crippen LogP contribution in [0.5, 0.6) is 0 Å². The van der Waals surface area contributed by atoms with Gasteiger partial charge in [0, 0.05) is 29.5 Å². The highest BCUT2D eigenvalue weighted by Crippen LogP contribution is 2.27. The smallest absolute Gasteiger partial charge is 0.258 e. The number of nitrogens with zero attached hydrogens (tertiary/aromatic N) is 3. The number of hydrogen-bond donors (Lipinski definition) is 1. The third-order valence-electron chi connectivity index (χ3n) is 4.94. The summed E-state index contributed by atoms with van der Waals surface area (Å²) < 4.78 is 20.5. The molecular formula is C23H21FN4O3. The Morgan fingerprint density at radius 2 is 1.90 bits per heavy atom. The summed E-state index contributed by atoms with van der Waals surface area (Å²) in [4.78, 5) is 29.7. The highest BCUT2D eigenvalue weighted by molar-refractivity contribution is 5.93. The Balaban J connectivity index is 1.64. The summed E-state index contributed by atoms with van der Waals surface area (Å²) >= 11 is 0. The van der Waals surface area contributed by atoms with E-state index in [4.69, 9.17) is 4.52 Å². The van der Waals surface area contributed by atoms with Gasteiger partial charge in [0.1, 0.15) is 12.4 Å². The summed E-state index contributed by atoms with van der Waals surface area (Å²) in [6, 6.07) is 14.8. The van der Waals surface area contributed by atoms with Crippen molar-refractivity contribution in [1.82, 2.24) is 20.0 Å². The average molecular weight is 420 g/mol. The van der Waals surface area contributed by atoms with Crippen LogP contribution in [0.1, 0.15) is 31.2 Å². The molecule has 4 rings (SSSR count). The van der Waals surface area contributed by atoms with Gasteiger partial charge >= 0.3 is 0 Å². The Hall–Kier alpha value is -3.81. The number of fused-ring (bicyclic) bond motifs is 1. The second-order valence-electron chi connectivity index (χ2n) is 7.48. The van der Waals surface area contributed by atoms with E-state index in [1.165, 1.54) is 16.7 Å². The SMILES string of the molecule is CC(C)c1noc(-c2cc(=O)n(CC(=O)NCc3ccccc3F)c3ccccc23)n1. The van der Waals surface area contributed by atoms with Crippen molar-refractivity contribution in [2.24, 2.45) is 0 Å². The summed E-state index contributed by atoms with van der Waals surface area (Å²) in [5, 5.41) is 7.34. The number of hydrogen-bond acceptors (Lipinski definition) is 5. The van der Waals surface area contributed by atoms with Crippen LogP contribution in [0.15, 0.2) is 63.9 Å². The van der Waals surface area contributed by atoms with E-state index in [1.54, 1.807) is 30.3 Å². The quantitative estimate of drug-likeness (QED) is 0.514. The monoisotopic (exact) mass is 420 g/mol. The van der Waals surface area contributed by atoms with Crippen LogP contribution in [0.3, 0.4) is 0 Å². The minimum Gasteiger partial charge on any atom is -0.350 e. The van der Waals surface area contributed by atoms with Gasteiger partial charge < -0.3 is 9.84 Å². The number of pyridine rings is 1. The van der Waals surface area contributed by atoms with Gasteiger partial charge in [-0.15, -0.1) is 0 Å². The van der Waals surface area contributed by atoms with Crippen molar-refractivity contribution in [3.05, 3.63) is 82.2 Å². The lowest BCUT2D eigenvalue weighted by atomic mass is 10.1. The van der Waals surface area contributed by atoms with E-state index in [0.717, 1.165) is 0 Å². The molecular weight excluding hydrogens is 399 g/mol. The molecule has 2 aromatic heterocycles. The van der Waals surface area contributed by atoms with Crippen molar-refractivity contribution < 1.29 is 13.7 Å². The number of carbonyl (C=O) groups is 1. The van der Waals surface area contributed by atoms with E-state index < -0.39 is 11.7 Å². The van der Waals surface area contributed by atoms with Crippen LogP contribution in [0.25, 0.3) is 22.4 Å². The molecule has 0 aliphatic rings. The van der Waals surface area contributed by atoms with E-state index in [0.29, 0.717) is 27.9 Å². The van der Waals surface area contributed by atoms with Crippen LogP contribution in [0.2, 0.25) is 0 Å². The molecule has 0 atom stereocenters. The highest BCUT2D eigenvalue weighted by Gasteiger charge is 2.18. The molecule has 158 valence electrons. The average Bonchev–Trinajstić information content (AvgIpc) is 3.25. The second kappa shape index (κ2) is 8.51. The number of nitrogens with one attached hydrogen (secondary N) is 1. The predicted octanol–water partition coefficient (Wildman–Crippen LogP) is 3.63. The topological polar surface area (TPSA) is 90.0 Å². The first kappa shape index (κ1) is 20.5. The molecule has 0 saturated heterocycles. The van der Waals surface area contributed by atoms with E-state index in [9.17, 15) is 14.0 Å². The first-order valence-electron chi connectivity index (χ1n) is 9.90. The Kier molecular flexibility index (Phi) is 5.62. The molecule has 7 nitrogen and oxygen atoms in total. The fourth-order valence-corrected chi connectivity index (χ4v) is 3.29. The number of halogens is 1. The molecule has 0 radical (unpaired) electrons. The first-order chi connectivity index (χ1) is 14.9. The van der Waals surface area contributed by atoms with Gasteiger partial charge in [0.25, 0.3) is 11.4 Å². The number of para-hydroxylation sites is 1. The molecule has 4 aromatic rings. The first-order valence-corrected chi connectivity index (χ1v) is 9.90. The van der Waals surface area contributed by atoms with Gasteiger partial charge in [0.15, 0.2) is 5.82 Å². The summed E-state index contributed by atoms with van der Waals surface area (Å²) in [5.41, 5.74) is 1.08. The Morgan fingerprint density at radius 1 is 1.16 bits per heavy atom. The highest BCUT2D eigenvalue weighted by atomic mass is 19.1. The van der Waals surface area contributed by atoms with Gasteiger partial charge in [-0.3, -0.25) is 14.2 Å². The second-order valence-corrected chi connectivity index (χ2v) is 7.48. The molecule has 0 fully saturated rings. The zero-order valence-corrected chi connectivity index (χ0v) is 17.1. The molecule has 2 heterocycles. The van der Waals surface area contributed by atoms with Crippen LogP contribution >= 0.6 is 0 Å². The number of amides is 1. The fraction of sp³-hybridized carbons (Fsp3) is 0.217. The maximum atomic E-state index is 13.8. The van der Waals surface area contributed by atoms with Gasteiger partial charge in [0.05, 0.1) is 11.1 Å². The summed E-state index contributed by atoms with van der Waals surface area (Å²) in [6.45, 7) is 3.74. The minimum atomic E-state index is -0.400. The number of rotatable bonds is 6. The minimum absolute atomic E-state index is 0.0379. The summed E-state index contributed by atoms with van der Waals surface area (Å²) in [5.74, 6) is 0.101. The molecule has 1 amide bonds. The lowest BCUT2D eigenvalue weighted by Crippen LogP contribution is -2.32. The van der Waals surface area contributed by atoms with Gasteiger partial charge in [-0.05, 0) is 12.1 Å². The van der Waals surface area contributed by atoms with E-state index in [2.05, 4.69) is 15.5 Å². The maximum absolute atomic E-state index is 13.8. The van der Waals surface area contributed by atoms with Gasteiger partial charge in [-0.2, -0.15) is 4.98 Å². The third-order valence-corrected chi connectivity index (χ3v) is 4.94. The molecule has 1 N–H and O–H groups in total. The number of benzene rings is 2. The van der Waals surface area contributed by atoms with Gasteiger partial charge in [-0.1, -0.05) is 55.4 Å². The van der Waals surface area contributed by atoms with E-state index in [1.807, 2.05) is 26.0 Å². The number of carbonyl (C=O) groups excluding carboxylic acids is 1. The van der Waals surface area contributed by atoms with Crippen molar-refractivity contribution in [3.63, 3.8) is 0 Å². The number of aromatic nitrogens is 3. The maximum Gasteiger partial charge on any atom is 0.258 e. The largest absolute Gasteiger partial charge is 0.350 e. The molecule has 0 spiro atoms. The lowest BCUT2D eigenvalue weighted by Gasteiger charge is -2.12. The zero-order valence-electron chi connectivity index (χ0n) is 17.1. The lowest BCUT2D eigenvalue weighted by molar-refractivity contribution is -0.121. The Bertz CT molecular complexity index is 1310. The zero-order chi connectivity index (χ0) is 22.0. The van der Waals surface area contributed by atoms with Crippen molar-refractivity contribution >= 4 is 16.8 Å². The molecule has 0 aliphatic carbocycles. The van der Waals surface area contributed by atoms with Crippen molar-refractivity contribution in [2.45, 2.75) is 32.9 Å². The molecule has 0 saturated carbocycles. The molecule has 31 heavy (non-hydrogen) atoms. The molecule has 0 aliphatic heterocycles. The fourth-order valence-electron chi connectivity index (χ4n) is 3.29. The van der Waals surface area contributed by atoms with Crippen LogP contribution in [0, 0.1) is 5.82 Å². The van der Waals surface area contributed by atoms with Crippen LogP contribution in [0.4, 0.5) is 4.39 Å². The standard InChI is InChI=1S/C23H21FN4O3/c1-14(2)22-26-23(31-27-22)17-11-21(30)28(19-10-6-4-8-16(17)19)13-20(29)25-12-15-7-3-5-9-18(15)24/h3-11,14H,12-13H2,1-2H3,(H,25,29). The Labute approximate surface area is 177 Å². The normalized spacial score (nSPS) is 11.2. The predicted molar refractivity (Wildman–Crippen MR) is 114 cm³/mol. The molecule has 0 bridgehead atoms. The van der Waals surface area contributed by atoms with Crippen LogP contribution in [-0.2, 0) is 17.9 Å². The van der Waals surface area contributed by atoms with Crippen LogP contribution in [-0.4, -0.2) is 20.6 Å². The Morgan fingerprint density at radius 3 is 2.65 bits per heavy atom. The van der Waals surface area contributed by atoms with Crippen molar-refractivity contribution in [2.75, 3.05) is 0 Å². The van der Waals surface area contributed by atoms with E-state index in [-0.39, 0.29) is 30.5 Å². The van der Waals surface area contributed by atoms with E-state index >= 15 is 0 Å². The molecule has 8 heteroatoms. The molecule has 0 unspecified atom stereocenters. The van der Waals surface area contributed by atoms with Gasteiger partial charge in [-0.25, -0.2) is 4.39 Å². The van der Waals surface area contributed by atoms with Crippen molar-refractivity contribution in [3.8, 4) is 11.5 Å². The van der Waals surface area contributed by atoms with Crippen molar-refractivity contribution in [1.29, 1.82) is 0 Å². The summed E-state index contributed by atoms with van der Waals surface area (Å²) in [6.07, 6.45) is 0. The summed E-state index contributed by atoms with van der Waals surface area (Å²) in [7, 11) is 0. The van der Waals surface area contributed by atoms with Crippen LogP contribution < -0.4 is 10.9 Å². The van der Waals surface area contributed by atoms with Gasteiger partial charge in [0.2, 0.25) is 5.91 Å². The molecule has 2 aromatic carbocycles. The third kappa shape index (κ3) is 4.23.